The molecule has 180 valence electrons. The Morgan fingerprint density at radius 2 is 1.50 bits per heavy atom. The summed E-state index contributed by atoms with van der Waals surface area (Å²) >= 11 is 5.72. The second kappa shape index (κ2) is 12.9. The maximum absolute atomic E-state index is 13.2. The van der Waals surface area contributed by atoms with E-state index in [1.807, 2.05) is 67.8 Å². The summed E-state index contributed by atoms with van der Waals surface area (Å²) in [4.78, 5) is 38.2. The zero-order chi connectivity index (χ0) is 24.9. The molecular formula is C18H24I3N3O8. The van der Waals surface area contributed by atoms with Crippen LogP contribution in [0.3, 0.4) is 0 Å². The lowest BCUT2D eigenvalue weighted by Gasteiger charge is -2.29. The molecule has 0 saturated carbocycles. The standard InChI is InChI=1S/C18H24I3N3O8/c1-6(27)22-14-11(19)10(12(20)15(13(14)21)24(3)7(2)28)18(32)23-8(4-25)16(30)17(31)9(29)5-26/h8-9,16-17,25-26,29-31H,4-5H2,1-3H3,(H,22,27)(H,23,32)/t8-,9+,16+,17+/m0/s1. The summed E-state index contributed by atoms with van der Waals surface area (Å²) in [5, 5.41) is 53.3. The van der Waals surface area contributed by atoms with Gasteiger partial charge in [-0.3, -0.25) is 14.4 Å². The van der Waals surface area contributed by atoms with Gasteiger partial charge in [0.05, 0.1) is 46.9 Å². The molecule has 1 aromatic rings. The third kappa shape index (κ3) is 6.83. The van der Waals surface area contributed by atoms with E-state index in [1.165, 1.54) is 25.8 Å². The number of amides is 3. The minimum Gasteiger partial charge on any atom is -0.394 e. The van der Waals surface area contributed by atoms with Crippen LogP contribution < -0.4 is 15.5 Å². The van der Waals surface area contributed by atoms with E-state index in [0.717, 1.165) is 0 Å². The van der Waals surface area contributed by atoms with Gasteiger partial charge in [0.25, 0.3) is 5.91 Å². The Morgan fingerprint density at radius 1 is 0.938 bits per heavy atom. The first-order valence-corrected chi connectivity index (χ1v) is 12.3. The van der Waals surface area contributed by atoms with Crippen LogP contribution in [0.2, 0.25) is 0 Å². The first-order chi connectivity index (χ1) is 14.8. The first kappa shape index (κ1) is 29.7. The summed E-state index contributed by atoms with van der Waals surface area (Å²) in [6, 6.07) is -1.39. The highest BCUT2D eigenvalue weighted by molar-refractivity contribution is 14.1. The van der Waals surface area contributed by atoms with Gasteiger partial charge in [-0.05, 0) is 67.8 Å². The van der Waals surface area contributed by atoms with E-state index in [4.69, 9.17) is 5.11 Å². The van der Waals surface area contributed by atoms with Crippen molar-refractivity contribution in [2.75, 3.05) is 30.5 Å². The van der Waals surface area contributed by atoms with Crippen LogP contribution in [-0.4, -0.2) is 87.9 Å². The molecule has 0 aliphatic heterocycles. The lowest BCUT2D eigenvalue weighted by Crippen LogP contribution is -2.54. The second-order valence-corrected chi connectivity index (χ2v) is 10.0. The SMILES string of the molecule is CC(=O)Nc1c(I)c(C(=O)N[C@@H](CO)[C@@H](O)[C@H](O)[C@H](O)CO)c(I)c(N(C)C(C)=O)c1I. The molecule has 1 rings (SSSR count). The molecule has 0 heterocycles. The third-order valence-electron chi connectivity index (χ3n) is 4.49. The Balaban J connectivity index is 3.55. The highest BCUT2D eigenvalue weighted by Crippen LogP contribution is 2.40. The molecule has 0 spiro atoms. The normalized spacial score (nSPS) is 14.8. The van der Waals surface area contributed by atoms with Crippen LogP contribution >= 0.6 is 67.8 Å². The molecule has 7 N–H and O–H groups in total. The second-order valence-electron chi connectivity index (χ2n) is 6.79. The molecule has 1 aromatic carbocycles. The number of rotatable bonds is 9. The van der Waals surface area contributed by atoms with Crippen molar-refractivity contribution in [1.82, 2.24) is 5.32 Å². The van der Waals surface area contributed by atoms with Crippen molar-refractivity contribution in [1.29, 1.82) is 0 Å². The number of hydrogen-bond acceptors (Lipinski definition) is 8. The fraction of sp³-hybridized carbons (Fsp3) is 0.500. The third-order valence-corrected chi connectivity index (χ3v) is 7.67. The molecule has 0 aromatic heterocycles. The summed E-state index contributed by atoms with van der Waals surface area (Å²) < 4.78 is 1.26. The van der Waals surface area contributed by atoms with E-state index in [0.29, 0.717) is 22.1 Å². The van der Waals surface area contributed by atoms with Crippen molar-refractivity contribution in [2.24, 2.45) is 0 Å². The summed E-state index contributed by atoms with van der Waals surface area (Å²) in [7, 11) is 1.51. The van der Waals surface area contributed by atoms with Crippen LogP contribution in [0.25, 0.3) is 0 Å². The van der Waals surface area contributed by atoms with E-state index < -0.39 is 49.4 Å². The average Bonchev–Trinajstić information content (AvgIpc) is 2.72. The summed E-state index contributed by atoms with van der Waals surface area (Å²) in [5.41, 5.74) is 0.760. The van der Waals surface area contributed by atoms with E-state index in [1.54, 1.807) is 0 Å². The van der Waals surface area contributed by atoms with Gasteiger partial charge in [0, 0.05) is 20.9 Å². The Hall–Kier alpha value is -0.380. The van der Waals surface area contributed by atoms with Crippen molar-refractivity contribution in [3.05, 3.63) is 16.3 Å². The molecule has 14 heteroatoms. The number of aliphatic hydroxyl groups excluding tert-OH is 5. The number of nitrogens with one attached hydrogen (secondary N) is 2. The molecule has 0 radical (unpaired) electrons. The Labute approximate surface area is 225 Å². The lowest BCUT2D eigenvalue weighted by atomic mass is 10.0. The summed E-state index contributed by atoms with van der Waals surface area (Å²) in [6.07, 6.45) is -5.31. The van der Waals surface area contributed by atoms with Crippen molar-refractivity contribution in [3.8, 4) is 0 Å². The van der Waals surface area contributed by atoms with Crippen molar-refractivity contribution in [2.45, 2.75) is 38.2 Å². The molecule has 0 saturated heterocycles. The van der Waals surface area contributed by atoms with Gasteiger partial charge in [0.15, 0.2) is 0 Å². The molecule has 0 aliphatic carbocycles. The van der Waals surface area contributed by atoms with Gasteiger partial charge >= 0.3 is 0 Å². The minimum absolute atomic E-state index is 0.0707. The Kier molecular flexibility index (Phi) is 12.0. The quantitative estimate of drug-likeness (QED) is 0.165. The molecular weight excluding hydrogens is 767 g/mol. The van der Waals surface area contributed by atoms with Gasteiger partial charge in [0.1, 0.15) is 18.3 Å². The topological polar surface area (TPSA) is 180 Å². The van der Waals surface area contributed by atoms with Crippen LogP contribution in [0.4, 0.5) is 11.4 Å². The molecule has 32 heavy (non-hydrogen) atoms. The van der Waals surface area contributed by atoms with Crippen molar-refractivity contribution in [3.63, 3.8) is 0 Å². The predicted octanol–water partition coefficient (Wildman–Crippen LogP) is -0.393. The molecule has 0 unspecified atom stereocenters. The Morgan fingerprint density at radius 3 is 1.94 bits per heavy atom. The van der Waals surface area contributed by atoms with Gasteiger partial charge in [-0.15, -0.1) is 0 Å². The van der Waals surface area contributed by atoms with Crippen LogP contribution in [0.5, 0.6) is 0 Å². The average molecular weight is 791 g/mol. The zero-order valence-corrected chi connectivity index (χ0v) is 23.7. The van der Waals surface area contributed by atoms with Crippen LogP contribution in [0.1, 0.15) is 24.2 Å². The minimum atomic E-state index is -1.83. The fourth-order valence-corrected chi connectivity index (χ4v) is 7.29. The monoisotopic (exact) mass is 791 g/mol. The lowest BCUT2D eigenvalue weighted by molar-refractivity contribution is -0.116. The number of hydrogen-bond donors (Lipinski definition) is 7. The number of halogens is 3. The highest BCUT2D eigenvalue weighted by atomic mass is 127. The van der Waals surface area contributed by atoms with Gasteiger partial charge in [-0.2, -0.15) is 0 Å². The first-order valence-electron chi connectivity index (χ1n) is 9.09. The van der Waals surface area contributed by atoms with Crippen LogP contribution in [0.15, 0.2) is 0 Å². The number of anilines is 2. The highest BCUT2D eigenvalue weighted by Gasteiger charge is 2.34. The number of aliphatic hydroxyl groups is 5. The van der Waals surface area contributed by atoms with Crippen molar-refractivity contribution < 1.29 is 39.9 Å². The zero-order valence-electron chi connectivity index (χ0n) is 17.3. The van der Waals surface area contributed by atoms with E-state index in [-0.39, 0.29) is 11.5 Å². The molecule has 0 aliphatic rings. The maximum atomic E-state index is 13.2. The van der Waals surface area contributed by atoms with Crippen LogP contribution in [0, 0.1) is 10.7 Å². The molecule has 11 nitrogen and oxygen atoms in total. The summed E-state index contributed by atoms with van der Waals surface area (Å²) in [6.45, 7) is 1.02. The number of nitrogens with zero attached hydrogens (tertiary/aromatic N) is 1. The van der Waals surface area contributed by atoms with Crippen LogP contribution in [-0.2, 0) is 9.59 Å². The number of carbonyl (C=O) groups excluding carboxylic acids is 3. The Bertz CT molecular complexity index is 886. The molecule has 4 atom stereocenters. The predicted molar refractivity (Wildman–Crippen MR) is 141 cm³/mol. The van der Waals surface area contributed by atoms with E-state index >= 15 is 0 Å². The maximum Gasteiger partial charge on any atom is 0.253 e. The fourth-order valence-electron chi connectivity index (χ4n) is 2.64. The van der Waals surface area contributed by atoms with E-state index in [2.05, 4.69) is 10.6 Å². The molecule has 0 bridgehead atoms. The number of carbonyl (C=O) groups is 3. The molecule has 0 fully saturated rings. The summed E-state index contributed by atoms with van der Waals surface area (Å²) in [5.74, 6) is -1.47. The van der Waals surface area contributed by atoms with Gasteiger partial charge in [0.2, 0.25) is 11.8 Å². The molecule has 3 amide bonds. The van der Waals surface area contributed by atoms with Gasteiger partial charge in [-0.25, -0.2) is 0 Å². The van der Waals surface area contributed by atoms with Gasteiger partial charge in [-0.1, -0.05) is 0 Å². The van der Waals surface area contributed by atoms with Crippen molar-refractivity contribution >= 4 is 96.9 Å². The van der Waals surface area contributed by atoms with E-state index in [9.17, 15) is 34.8 Å². The number of benzene rings is 1. The smallest absolute Gasteiger partial charge is 0.253 e. The van der Waals surface area contributed by atoms with Gasteiger partial charge < -0.3 is 41.1 Å². The largest absolute Gasteiger partial charge is 0.394 e.